The zero-order valence-corrected chi connectivity index (χ0v) is 13.6. The van der Waals surface area contributed by atoms with Crippen molar-refractivity contribution in [1.82, 2.24) is 4.57 Å². The Morgan fingerprint density at radius 1 is 1.08 bits per heavy atom. The molecule has 0 aliphatic heterocycles. The number of hydrogen-bond acceptors (Lipinski definition) is 2. The molecule has 0 saturated carbocycles. The van der Waals surface area contributed by atoms with Crippen LogP contribution in [-0.2, 0) is 6.54 Å². The summed E-state index contributed by atoms with van der Waals surface area (Å²) in [5, 5.41) is 8.57. The molecule has 0 bridgehead atoms. The Bertz CT molecular complexity index is 948. The van der Waals surface area contributed by atoms with E-state index in [0.717, 1.165) is 16.7 Å². The fraction of sp³-hybridized carbons (Fsp3) is 0.0526. The number of pyridine rings is 1. The van der Waals surface area contributed by atoms with E-state index in [0.29, 0.717) is 11.6 Å². The van der Waals surface area contributed by atoms with Crippen molar-refractivity contribution in [2.75, 3.05) is 0 Å². The van der Waals surface area contributed by atoms with Crippen molar-refractivity contribution in [3.63, 3.8) is 0 Å². The van der Waals surface area contributed by atoms with Gasteiger partial charge in [0.15, 0.2) is 0 Å². The van der Waals surface area contributed by atoms with Gasteiger partial charge in [0, 0.05) is 12.7 Å². The number of amides is 1. The number of hydrogen-bond donors (Lipinski definition) is 2. The van der Waals surface area contributed by atoms with Crippen LogP contribution in [0.2, 0.25) is 5.02 Å². The van der Waals surface area contributed by atoms with Crippen LogP contribution in [0.25, 0.3) is 11.1 Å². The van der Waals surface area contributed by atoms with Gasteiger partial charge in [-0.1, -0.05) is 66.2 Å². The van der Waals surface area contributed by atoms with Crippen LogP contribution in [-0.4, -0.2) is 10.5 Å². The summed E-state index contributed by atoms with van der Waals surface area (Å²) >= 11 is 6.08. The Hall–Kier alpha value is -2.85. The molecule has 0 saturated heterocycles. The largest absolute Gasteiger partial charge is 0.365 e. The lowest BCUT2D eigenvalue weighted by Gasteiger charge is -2.14. The number of aromatic nitrogens is 1. The summed E-state index contributed by atoms with van der Waals surface area (Å²) < 4.78 is 1.63. The van der Waals surface area contributed by atoms with Gasteiger partial charge < -0.3 is 10.3 Å². The SMILES string of the molecule is N=c1c(C(N)=O)cc(Cl)cn1Cc1ccccc1-c1ccccc1. The summed E-state index contributed by atoms with van der Waals surface area (Å²) in [5.74, 6) is -0.660. The molecule has 120 valence electrons. The molecule has 0 unspecified atom stereocenters. The number of primary amides is 1. The molecule has 0 atom stereocenters. The predicted molar refractivity (Wildman–Crippen MR) is 94.8 cm³/mol. The van der Waals surface area contributed by atoms with Gasteiger partial charge >= 0.3 is 0 Å². The van der Waals surface area contributed by atoms with Crippen molar-refractivity contribution in [3.8, 4) is 11.1 Å². The van der Waals surface area contributed by atoms with Crippen molar-refractivity contribution < 1.29 is 4.79 Å². The lowest BCUT2D eigenvalue weighted by molar-refractivity contribution is 0.0998. The van der Waals surface area contributed by atoms with Crippen LogP contribution in [0.1, 0.15) is 15.9 Å². The third-order valence-electron chi connectivity index (χ3n) is 3.81. The van der Waals surface area contributed by atoms with E-state index < -0.39 is 5.91 Å². The van der Waals surface area contributed by atoms with Gasteiger partial charge in [-0.2, -0.15) is 0 Å². The van der Waals surface area contributed by atoms with Crippen LogP contribution < -0.4 is 11.2 Å². The summed E-state index contributed by atoms with van der Waals surface area (Å²) in [6.07, 6.45) is 1.64. The molecule has 0 aliphatic carbocycles. The van der Waals surface area contributed by atoms with Crippen molar-refractivity contribution in [3.05, 3.63) is 88.5 Å². The van der Waals surface area contributed by atoms with E-state index in [9.17, 15) is 4.79 Å². The molecule has 1 amide bonds. The van der Waals surface area contributed by atoms with E-state index in [2.05, 4.69) is 0 Å². The Morgan fingerprint density at radius 3 is 2.46 bits per heavy atom. The first-order valence-corrected chi connectivity index (χ1v) is 7.82. The average molecular weight is 338 g/mol. The number of carbonyl (C=O) groups is 1. The van der Waals surface area contributed by atoms with Crippen LogP contribution in [0.3, 0.4) is 0 Å². The first-order valence-electron chi connectivity index (χ1n) is 7.44. The van der Waals surface area contributed by atoms with Gasteiger partial charge in [-0.15, -0.1) is 0 Å². The first kappa shape index (κ1) is 16.0. The van der Waals surface area contributed by atoms with Crippen molar-refractivity contribution >= 4 is 17.5 Å². The molecule has 24 heavy (non-hydrogen) atoms. The van der Waals surface area contributed by atoms with E-state index in [4.69, 9.17) is 22.7 Å². The first-order chi connectivity index (χ1) is 11.6. The van der Waals surface area contributed by atoms with Crippen LogP contribution in [0, 0.1) is 5.41 Å². The zero-order valence-electron chi connectivity index (χ0n) is 12.9. The number of nitrogens with one attached hydrogen (secondary N) is 1. The van der Waals surface area contributed by atoms with Crippen LogP contribution in [0.5, 0.6) is 0 Å². The Kier molecular flexibility index (Phi) is 4.49. The second-order valence-corrected chi connectivity index (χ2v) is 5.87. The van der Waals surface area contributed by atoms with Gasteiger partial charge in [-0.25, -0.2) is 0 Å². The van der Waals surface area contributed by atoms with Crippen LogP contribution in [0.15, 0.2) is 66.9 Å². The van der Waals surface area contributed by atoms with Gasteiger partial charge in [0.2, 0.25) is 0 Å². The number of nitrogens with zero attached hydrogens (tertiary/aromatic N) is 1. The fourth-order valence-electron chi connectivity index (χ4n) is 2.67. The molecular weight excluding hydrogens is 322 g/mol. The van der Waals surface area contributed by atoms with Gasteiger partial charge in [0.05, 0.1) is 10.6 Å². The van der Waals surface area contributed by atoms with Crippen LogP contribution >= 0.6 is 11.6 Å². The van der Waals surface area contributed by atoms with E-state index in [-0.39, 0.29) is 11.1 Å². The summed E-state index contributed by atoms with van der Waals surface area (Å²) in [7, 11) is 0. The Morgan fingerprint density at radius 2 is 1.75 bits per heavy atom. The molecule has 0 spiro atoms. The summed E-state index contributed by atoms with van der Waals surface area (Å²) in [4.78, 5) is 11.5. The molecule has 0 radical (unpaired) electrons. The monoisotopic (exact) mass is 337 g/mol. The number of rotatable bonds is 4. The van der Waals surface area contributed by atoms with Gasteiger partial charge in [0.25, 0.3) is 5.91 Å². The molecule has 3 N–H and O–H groups in total. The van der Waals surface area contributed by atoms with E-state index >= 15 is 0 Å². The minimum atomic E-state index is -0.660. The number of halogens is 1. The highest BCUT2D eigenvalue weighted by atomic mass is 35.5. The molecule has 2 aromatic carbocycles. The summed E-state index contributed by atoms with van der Waals surface area (Å²) in [6, 6.07) is 19.4. The molecule has 1 aromatic heterocycles. The number of carbonyl (C=O) groups excluding carboxylic acids is 1. The minimum absolute atomic E-state index is 0.0507. The number of nitrogens with two attached hydrogens (primary N) is 1. The van der Waals surface area contributed by atoms with Gasteiger partial charge in [-0.3, -0.25) is 10.2 Å². The topological polar surface area (TPSA) is 71.9 Å². The second kappa shape index (κ2) is 6.72. The standard InChI is InChI=1S/C19H16ClN3O/c20-15-10-17(19(22)24)18(21)23(12-15)11-14-8-4-5-9-16(14)13-6-2-1-3-7-13/h1-10,12,21H,11H2,(H2,22,24). The fourth-order valence-corrected chi connectivity index (χ4v) is 2.89. The minimum Gasteiger partial charge on any atom is -0.365 e. The highest BCUT2D eigenvalue weighted by molar-refractivity contribution is 6.30. The second-order valence-electron chi connectivity index (χ2n) is 5.44. The quantitative estimate of drug-likeness (QED) is 0.752. The van der Waals surface area contributed by atoms with E-state index in [1.165, 1.54) is 6.07 Å². The maximum atomic E-state index is 11.5. The maximum Gasteiger partial charge on any atom is 0.252 e. The Balaban J connectivity index is 2.08. The molecule has 0 aliphatic rings. The van der Waals surface area contributed by atoms with Crippen molar-refractivity contribution in [2.24, 2.45) is 5.73 Å². The molecule has 3 rings (SSSR count). The lowest BCUT2D eigenvalue weighted by atomic mass is 9.99. The predicted octanol–water partition coefficient (Wildman–Crippen LogP) is 3.44. The van der Waals surface area contributed by atoms with Crippen molar-refractivity contribution in [1.29, 1.82) is 5.41 Å². The molecule has 5 heteroatoms. The highest BCUT2D eigenvalue weighted by Crippen LogP contribution is 2.24. The van der Waals surface area contributed by atoms with Crippen LogP contribution in [0.4, 0.5) is 0 Å². The smallest absolute Gasteiger partial charge is 0.252 e. The molecule has 4 nitrogen and oxygen atoms in total. The highest BCUT2D eigenvalue weighted by Gasteiger charge is 2.10. The van der Waals surface area contributed by atoms with Gasteiger partial charge in [-0.05, 0) is 22.8 Å². The molecule has 3 aromatic rings. The normalized spacial score (nSPS) is 10.5. The average Bonchev–Trinajstić information content (AvgIpc) is 2.59. The maximum absolute atomic E-state index is 11.5. The number of benzene rings is 2. The Labute approximate surface area is 144 Å². The lowest BCUT2D eigenvalue weighted by Crippen LogP contribution is -2.29. The summed E-state index contributed by atoms with van der Waals surface area (Å²) in [6.45, 7) is 0.421. The zero-order chi connectivity index (χ0) is 17.1. The van der Waals surface area contributed by atoms with Crippen molar-refractivity contribution in [2.45, 2.75) is 6.54 Å². The van der Waals surface area contributed by atoms with Gasteiger partial charge in [0.1, 0.15) is 5.49 Å². The van der Waals surface area contributed by atoms with E-state index in [1.807, 2.05) is 54.6 Å². The molecule has 1 heterocycles. The third-order valence-corrected chi connectivity index (χ3v) is 4.02. The van der Waals surface area contributed by atoms with E-state index in [1.54, 1.807) is 10.8 Å². The molecule has 0 fully saturated rings. The third kappa shape index (κ3) is 3.24. The summed E-state index contributed by atoms with van der Waals surface area (Å²) in [5.41, 5.74) is 8.69. The molecular formula is C19H16ClN3O.